The van der Waals surface area contributed by atoms with Gasteiger partial charge in [-0.05, 0) is 74.6 Å². The molecule has 0 aromatic heterocycles. The Morgan fingerprint density at radius 2 is 1.60 bits per heavy atom. The number of carbonyl (C=O) groups is 1. The molecule has 2 aromatic rings. The van der Waals surface area contributed by atoms with Gasteiger partial charge in [-0.15, -0.1) is 0 Å². The third kappa shape index (κ3) is 6.82. The normalized spacial score (nSPS) is 21.2. The predicted molar refractivity (Wildman–Crippen MR) is 129 cm³/mol. The van der Waals surface area contributed by atoms with E-state index in [0.29, 0.717) is 43.8 Å². The van der Waals surface area contributed by atoms with Gasteiger partial charge in [-0.3, -0.25) is 4.79 Å². The zero-order valence-corrected chi connectivity index (χ0v) is 20.4. The topological polar surface area (TPSA) is 42.0 Å². The standard InChI is InChI=1S/C26H30ClF3N2O3/c1-18-2-7-23(16-24(18)26(28,29)30)35-22-10-8-21(9-11-22)34-17-25(33)32-14-12-31(13-15-32)20-5-3-19(27)4-6-20/h2-7,16,21-22H,8-15,17H2,1H3. The number of hydrogen-bond acceptors (Lipinski definition) is 4. The molecule has 0 spiro atoms. The molecule has 190 valence electrons. The number of nitrogens with zero attached hydrogens (tertiary/aromatic N) is 2. The number of piperazine rings is 1. The van der Waals surface area contributed by atoms with Crippen LogP contribution in [-0.4, -0.2) is 55.8 Å². The van der Waals surface area contributed by atoms with E-state index in [2.05, 4.69) is 4.90 Å². The fourth-order valence-corrected chi connectivity index (χ4v) is 4.76. The number of benzene rings is 2. The van der Waals surface area contributed by atoms with Crippen molar-refractivity contribution in [2.45, 2.75) is 51.0 Å². The molecule has 0 unspecified atom stereocenters. The Morgan fingerprint density at radius 3 is 2.23 bits per heavy atom. The molecule has 1 aliphatic heterocycles. The van der Waals surface area contributed by atoms with Gasteiger partial charge in [0.1, 0.15) is 12.4 Å². The van der Waals surface area contributed by atoms with Crippen molar-refractivity contribution in [3.05, 3.63) is 58.6 Å². The van der Waals surface area contributed by atoms with Crippen LogP contribution in [0.1, 0.15) is 36.8 Å². The van der Waals surface area contributed by atoms with Crippen molar-refractivity contribution in [3.63, 3.8) is 0 Å². The van der Waals surface area contributed by atoms with Crippen molar-refractivity contribution in [3.8, 4) is 5.75 Å². The SMILES string of the molecule is Cc1ccc(OC2CCC(OCC(=O)N3CCN(c4ccc(Cl)cc4)CC3)CC2)cc1C(F)(F)F. The summed E-state index contributed by atoms with van der Waals surface area (Å²) in [7, 11) is 0. The maximum Gasteiger partial charge on any atom is 0.416 e. The van der Waals surface area contributed by atoms with Gasteiger partial charge >= 0.3 is 6.18 Å². The minimum Gasteiger partial charge on any atom is -0.490 e. The van der Waals surface area contributed by atoms with Crippen LogP contribution in [0.3, 0.4) is 0 Å². The molecule has 0 radical (unpaired) electrons. The van der Waals surface area contributed by atoms with Gasteiger partial charge < -0.3 is 19.3 Å². The van der Waals surface area contributed by atoms with Gasteiger partial charge in [-0.2, -0.15) is 13.2 Å². The Morgan fingerprint density at radius 1 is 0.971 bits per heavy atom. The summed E-state index contributed by atoms with van der Waals surface area (Å²) in [5.74, 6) is 0.221. The molecule has 35 heavy (non-hydrogen) atoms. The van der Waals surface area contributed by atoms with E-state index in [1.165, 1.54) is 13.0 Å². The van der Waals surface area contributed by atoms with Crippen LogP contribution in [0, 0.1) is 6.92 Å². The first-order chi connectivity index (χ1) is 16.7. The maximum atomic E-state index is 13.1. The van der Waals surface area contributed by atoms with E-state index < -0.39 is 11.7 Å². The predicted octanol–water partition coefficient (Wildman–Crippen LogP) is 5.72. The van der Waals surface area contributed by atoms with E-state index in [1.54, 1.807) is 6.07 Å². The molecule has 0 atom stereocenters. The molecule has 2 fully saturated rings. The number of rotatable bonds is 6. The number of hydrogen-bond donors (Lipinski definition) is 0. The smallest absolute Gasteiger partial charge is 0.416 e. The first kappa shape index (κ1) is 25.6. The number of anilines is 1. The molecule has 0 N–H and O–H groups in total. The largest absolute Gasteiger partial charge is 0.490 e. The zero-order valence-electron chi connectivity index (χ0n) is 19.7. The summed E-state index contributed by atoms with van der Waals surface area (Å²) in [4.78, 5) is 16.7. The van der Waals surface area contributed by atoms with Gasteiger partial charge in [-0.1, -0.05) is 17.7 Å². The van der Waals surface area contributed by atoms with Crippen LogP contribution in [0.15, 0.2) is 42.5 Å². The van der Waals surface area contributed by atoms with Gasteiger partial charge in [0.25, 0.3) is 0 Å². The average Bonchev–Trinajstić information content (AvgIpc) is 2.84. The van der Waals surface area contributed by atoms with Gasteiger partial charge in [0.05, 0.1) is 17.8 Å². The molecule has 1 aliphatic carbocycles. The van der Waals surface area contributed by atoms with Crippen LogP contribution in [-0.2, 0) is 15.7 Å². The lowest BCUT2D eigenvalue weighted by Crippen LogP contribution is -2.50. The van der Waals surface area contributed by atoms with E-state index in [4.69, 9.17) is 21.1 Å². The minimum atomic E-state index is -4.40. The van der Waals surface area contributed by atoms with Gasteiger partial charge in [0, 0.05) is 36.9 Å². The van der Waals surface area contributed by atoms with Crippen LogP contribution >= 0.6 is 11.6 Å². The summed E-state index contributed by atoms with van der Waals surface area (Å²) >= 11 is 5.95. The van der Waals surface area contributed by atoms with Gasteiger partial charge in [-0.25, -0.2) is 0 Å². The summed E-state index contributed by atoms with van der Waals surface area (Å²) in [6.07, 6.45) is -1.83. The van der Waals surface area contributed by atoms with Crippen molar-refractivity contribution < 1.29 is 27.4 Å². The summed E-state index contributed by atoms with van der Waals surface area (Å²) in [5.41, 5.74) is 0.606. The molecule has 1 heterocycles. The molecule has 0 bridgehead atoms. The fraction of sp³-hybridized carbons (Fsp3) is 0.500. The Bertz CT molecular complexity index is 1000. The molecule has 2 aromatic carbocycles. The fourth-order valence-electron chi connectivity index (χ4n) is 4.64. The highest BCUT2D eigenvalue weighted by molar-refractivity contribution is 6.30. The number of halogens is 4. The highest BCUT2D eigenvalue weighted by Crippen LogP contribution is 2.35. The second-order valence-electron chi connectivity index (χ2n) is 9.15. The minimum absolute atomic E-state index is 0.0153. The number of carbonyl (C=O) groups excluding carboxylic acids is 1. The highest BCUT2D eigenvalue weighted by atomic mass is 35.5. The first-order valence-corrected chi connectivity index (χ1v) is 12.3. The van der Waals surface area contributed by atoms with E-state index in [9.17, 15) is 18.0 Å². The van der Waals surface area contributed by atoms with E-state index >= 15 is 0 Å². The van der Waals surface area contributed by atoms with Gasteiger partial charge in [0.2, 0.25) is 5.91 Å². The summed E-state index contributed by atoms with van der Waals surface area (Å²) in [6, 6.07) is 11.8. The zero-order chi connectivity index (χ0) is 25.0. The Labute approximate surface area is 208 Å². The van der Waals surface area contributed by atoms with Crippen molar-refractivity contribution in [2.75, 3.05) is 37.7 Å². The van der Waals surface area contributed by atoms with Crippen molar-refractivity contribution in [1.82, 2.24) is 4.90 Å². The molecule has 9 heteroatoms. The third-order valence-electron chi connectivity index (χ3n) is 6.71. The molecule has 1 saturated carbocycles. The van der Waals surface area contributed by atoms with Crippen LogP contribution in [0.2, 0.25) is 5.02 Å². The first-order valence-electron chi connectivity index (χ1n) is 11.9. The Kier molecular flexibility index (Phi) is 8.12. The third-order valence-corrected chi connectivity index (χ3v) is 6.96. The van der Waals surface area contributed by atoms with E-state index in [1.807, 2.05) is 29.2 Å². The van der Waals surface area contributed by atoms with Crippen molar-refractivity contribution >= 4 is 23.2 Å². The second-order valence-corrected chi connectivity index (χ2v) is 9.58. The molecular formula is C26H30ClF3N2O3. The lowest BCUT2D eigenvalue weighted by atomic mass is 9.95. The number of aryl methyl sites for hydroxylation is 1. The van der Waals surface area contributed by atoms with E-state index in [-0.39, 0.29) is 36.0 Å². The highest BCUT2D eigenvalue weighted by Gasteiger charge is 2.33. The quantitative estimate of drug-likeness (QED) is 0.498. The Balaban J connectivity index is 1.17. The monoisotopic (exact) mass is 510 g/mol. The van der Waals surface area contributed by atoms with Crippen molar-refractivity contribution in [1.29, 1.82) is 0 Å². The summed E-state index contributed by atoms with van der Waals surface area (Å²) < 4.78 is 51.1. The Hall–Kier alpha value is -2.45. The molecule has 1 saturated heterocycles. The van der Waals surface area contributed by atoms with Gasteiger partial charge in [0.15, 0.2) is 0 Å². The molecule has 5 nitrogen and oxygen atoms in total. The van der Waals surface area contributed by atoms with E-state index in [0.717, 1.165) is 24.8 Å². The van der Waals surface area contributed by atoms with Crippen LogP contribution in [0.25, 0.3) is 0 Å². The van der Waals surface area contributed by atoms with Crippen LogP contribution in [0.4, 0.5) is 18.9 Å². The number of amides is 1. The molecular weight excluding hydrogens is 481 g/mol. The average molecular weight is 511 g/mol. The van der Waals surface area contributed by atoms with Crippen molar-refractivity contribution in [2.24, 2.45) is 0 Å². The summed E-state index contributed by atoms with van der Waals surface area (Å²) in [5, 5.41) is 0.700. The number of ether oxygens (including phenoxy) is 2. The lowest BCUT2D eigenvalue weighted by Gasteiger charge is -2.36. The second kappa shape index (κ2) is 11.1. The molecule has 2 aliphatic rings. The molecule has 4 rings (SSSR count). The lowest BCUT2D eigenvalue weighted by molar-refractivity contribution is -0.140. The maximum absolute atomic E-state index is 13.1. The number of alkyl halides is 3. The molecule has 1 amide bonds. The van der Waals surface area contributed by atoms with Crippen LogP contribution in [0.5, 0.6) is 5.75 Å². The van der Waals surface area contributed by atoms with Crippen LogP contribution < -0.4 is 9.64 Å². The summed E-state index contributed by atoms with van der Waals surface area (Å²) in [6.45, 7) is 4.28.